The van der Waals surface area contributed by atoms with Gasteiger partial charge in [-0.3, -0.25) is 19.8 Å². The molecule has 112 valence electrons. The van der Waals surface area contributed by atoms with E-state index in [-0.39, 0.29) is 11.6 Å². The van der Waals surface area contributed by atoms with Crippen LogP contribution in [0.1, 0.15) is 24.3 Å². The average molecular weight is 298 g/mol. The number of fused-ring (bicyclic) bond motifs is 1. The predicted octanol–water partition coefficient (Wildman–Crippen LogP) is 3.18. The van der Waals surface area contributed by atoms with Crippen molar-refractivity contribution in [1.29, 1.82) is 0 Å². The van der Waals surface area contributed by atoms with Crippen LogP contribution in [0.4, 0.5) is 11.4 Å². The number of hydrogen-bond donors (Lipinski definition) is 0. The summed E-state index contributed by atoms with van der Waals surface area (Å²) in [6.07, 6.45) is -0.660. The van der Waals surface area contributed by atoms with Crippen LogP contribution >= 0.6 is 0 Å². The molecule has 0 saturated heterocycles. The van der Waals surface area contributed by atoms with Crippen LogP contribution in [0.15, 0.2) is 48.5 Å². The maximum absolute atomic E-state index is 12.1. The minimum absolute atomic E-state index is 0.0246. The van der Waals surface area contributed by atoms with Crippen LogP contribution < -0.4 is 4.90 Å². The van der Waals surface area contributed by atoms with Gasteiger partial charge in [0.2, 0.25) is 5.91 Å². The number of para-hydroxylation sites is 1. The first-order valence-corrected chi connectivity index (χ1v) is 6.81. The normalized spacial score (nSPS) is 17.0. The van der Waals surface area contributed by atoms with Gasteiger partial charge in [0.05, 0.1) is 17.2 Å². The SMILES string of the molecule is CC(=O)N1c2ccccc2CO[C@H]1c1cccc([N+](=O)[O-])c1. The van der Waals surface area contributed by atoms with Crippen LogP contribution in [-0.4, -0.2) is 10.8 Å². The molecule has 0 unspecified atom stereocenters. The Labute approximate surface area is 127 Å². The highest BCUT2D eigenvalue weighted by Gasteiger charge is 2.31. The van der Waals surface area contributed by atoms with Crippen molar-refractivity contribution in [2.45, 2.75) is 19.8 Å². The van der Waals surface area contributed by atoms with E-state index in [1.807, 2.05) is 24.3 Å². The smallest absolute Gasteiger partial charge is 0.269 e. The zero-order chi connectivity index (χ0) is 15.7. The number of benzene rings is 2. The zero-order valence-corrected chi connectivity index (χ0v) is 11.9. The molecule has 3 rings (SSSR count). The third-order valence-electron chi connectivity index (χ3n) is 3.59. The Morgan fingerprint density at radius 3 is 2.77 bits per heavy atom. The number of hydrogen-bond acceptors (Lipinski definition) is 4. The molecule has 1 heterocycles. The largest absolute Gasteiger partial charge is 0.349 e. The molecule has 0 aliphatic carbocycles. The van der Waals surface area contributed by atoms with Crippen LogP contribution in [0.3, 0.4) is 0 Å². The second-order valence-electron chi connectivity index (χ2n) is 5.03. The fraction of sp³-hybridized carbons (Fsp3) is 0.188. The number of nitro benzene ring substituents is 1. The molecule has 0 N–H and O–H groups in total. The van der Waals surface area contributed by atoms with Crippen molar-refractivity contribution in [2.24, 2.45) is 0 Å². The molecule has 1 aliphatic rings. The molecular formula is C16H14N2O4. The van der Waals surface area contributed by atoms with E-state index in [4.69, 9.17) is 4.74 Å². The van der Waals surface area contributed by atoms with Gasteiger partial charge in [0, 0.05) is 30.2 Å². The predicted molar refractivity (Wildman–Crippen MR) is 80.2 cm³/mol. The summed E-state index contributed by atoms with van der Waals surface area (Å²) >= 11 is 0. The molecule has 1 amide bonds. The van der Waals surface area contributed by atoms with E-state index in [2.05, 4.69) is 0 Å². The molecule has 0 fully saturated rings. The monoisotopic (exact) mass is 298 g/mol. The molecule has 1 aliphatic heterocycles. The van der Waals surface area contributed by atoms with Gasteiger partial charge in [-0.1, -0.05) is 30.3 Å². The maximum atomic E-state index is 12.1. The molecule has 6 nitrogen and oxygen atoms in total. The lowest BCUT2D eigenvalue weighted by molar-refractivity contribution is -0.385. The molecule has 6 heteroatoms. The molecule has 0 spiro atoms. The average Bonchev–Trinajstić information content (AvgIpc) is 2.53. The van der Waals surface area contributed by atoms with E-state index in [1.165, 1.54) is 24.0 Å². The van der Waals surface area contributed by atoms with Crippen LogP contribution in [0, 0.1) is 10.1 Å². The van der Waals surface area contributed by atoms with Crippen molar-refractivity contribution in [3.05, 3.63) is 69.8 Å². The van der Waals surface area contributed by atoms with Gasteiger partial charge >= 0.3 is 0 Å². The lowest BCUT2D eigenvalue weighted by Gasteiger charge is -2.36. The fourth-order valence-electron chi connectivity index (χ4n) is 2.61. The van der Waals surface area contributed by atoms with Crippen LogP contribution in [0.5, 0.6) is 0 Å². The number of nitro groups is 1. The molecule has 0 saturated carbocycles. The first-order valence-electron chi connectivity index (χ1n) is 6.81. The van der Waals surface area contributed by atoms with Crippen LogP contribution in [-0.2, 0) is 16.1 Å². The second-order valence-corrected chi connectivity index (χ2v) is 5.03. The zero-order valence-electron chi connectivity index (χ0n) is 11.9. The summed E-state index contributed by atoms with van der Waals surface area (Å²) in [6, 6.07) is 13.7. The van der Waals surface area contributed by atoms with Gasteiger partial charge in [-0.25, -0.2) is 0 Å². The number of anilines is 1. The minimum Gasteiger partial charge on any atom is -0.349 e. The highest BCUT2D eigenvalue weighted by molar-refractivity contribution is 5.93. The van der Waals surface area contributed by atoms with E-state index in [0.717, 1.165) is 11.3 Å². The molecular weight excluding hydrogens is 284 g/mol. The van der Waals surface area contributed by atoms with E-state index in [9.17, 15) is 14.9 Å². The number of amides is 1. The number of nitrogens with zero attached hydrogens (tertiary/aromatic N) is 2. The summed E-state index contributed by atoms with van der Waals surface area (Å²) in [4.78, 5) is 24.1. The Morgan fingerprint density at radius 1 is 1.27 bits per heavy atom. The Hall–Kier alpha value is -2.73. The van der Waals surface area contributed by atoms with Gasteiger partial charge in [0.1, 0.15) is 0 Å². The quantitative estimate of drug-likeness (QED) is 0.630. The van der Waals surface area contributed by atoms with E-state index >= 15 is 0 Å². The van der Waals surface area contributed by atoms with Gasteiger partial charge in [-0.05, 0) is 6.07 Å². The number of carbonyl (C=O) groups excluding carboxylic acids is 1. The van der Waals surface area contributed by atoms with E-state index in [1.54, 1.807) is 12.1 Å². The van der Waals surface area contributed by atoms with Gasteiger partial charge in [-0.2, -0.15) is 0 Å². The number of carbonyl (C=O) groups is 1. The van der Waals surface area contributed by atoms with Gasteiger partial charge in [-0.15, -0.1) is 0 Å². The Morgan fingerprint density at radius 2 is 2.05 bits per heavy atom. The van der Waals surface area contributed by atoms with Crippen molar-refractivity contribution in [3.63, 3.8) is 0 Å². The Balaban J connectivity index is 2.06. The molecule has 0 bridgehead atoms. The van der Waals surface area contributed by atoms with Crippen molar-refractivity contribution in [1.82, 2.24) is 0 Å². The number of ether oxygens (including phenoxy) is 1. The maximum Gasteiger partial charge on any atom is 0.269 e. The third-order valence-corrected chi connectivity index (χ3v) is 3.59. The summed E-state index contributed by atoms with van der Waals surface area (Å²) in [7, 11) is 0. The standard InChI is InChI=1S/C16H14N2O4/c1-11(19)17-15-8-3-2-5-13(15)10-22-16(17)12-6-4-7-14(9-12)18(20)21/h2-9,16H,10H2,1H3/t16-/m0/s1. The van der Waals surface area contributed by atoms with Crippen molar-refractivity contribution in [3.8, 4) is 0 Å². The first kappa shape index (κ1) is 14.2. The number of non-ortho nitro benzene ring substituents is 1. The highest BCUT2D eigenvalue weighted by atomic mass is 16.6. The Bertz CT molecular complexity index is 744. The molecule has 22 heavy (non-hydrogen) atoms. The van der Waals surface area contributed by atoms with Gasteiger partial charge < -0.3 is 4.74 Å². The summed E-state index contributed by atoms with van der Waals surface area (Å²) < 4.78 is 5.78. The first-order chi connectivity index (χ1) is 10.6. The summed E-state index contributed by atoms with van der Waals surface area (Å²) in [5.41, 5.74) is 2.25. The van der Waals surface area contributed by atoms with E-state index < -0.39 is 11.2 Å². The lowest BCUT2D eigenvalue weighted by atomic mass is 10.1. The van der Waals surface area contributed by atoms with Crippen molar-refractivity contribution < 1.29 is 14.5 Å². The van der Waals surface area contributed by atoms with Crippen molar-refractivity contribution >= 4 is 17.3 Å². The summed E-state index contributed by atoms with van der Waals surface area (Å²) in [5, 5.41) is 10.9. The van der Waals surface area contributed by atoms with E-state index in [0.29, 0.717) is 12.2 Å². The molecule has 2 aromatic rings. The highest BCUT2D eigenvalue weighted by Crippen LogP contribution is 2.37. The third kappa shape index (κ3) is 2.44. The van der Waals surface area contributed by atoms with Crippen molar-refractivity contribution in [2.75, 3.05) is 4.90 Å². The molecule has 1 atom stereocenters. The van der Waals surface area contributed by atoms with Crippen LogP contribution in [0.2, 0.25) is 0 Å². The summed E-state index contributed by atoms with van der Waals surface area (Å²) in [6.45, 7) is 1.81. The Kier molecular flexibility index (Phi) is 3.60. The summed E-state index contributed by atoms with van der Waals surface area (Å²) in [5.74, 6) is -0.177. The lowest BCUT2D eigenvalue weighted by Crippen LogP contribution is -2.38. The minimum atomic E-state index is -0.660. The molecule has 0 radical (unpaired) electrons. The second kappa shape index (κ2) is 5.57. The topological polar surface area (TPSA) is 72.7 Å². The van der Waals surface area contributed by atoms with Gasteiger partial charge in [0.15, 0.2) is 6.23 Å². The van der Waals surface area contributed by atoms with Crippen LogP contribution in [0.25, 0.3) is 0 Å². The molecule has 2 aromatic carbocycles. The number of rotatable bonds is 2. The fourth-order valence-corrected chi connectivity index (χ4v) is 2.61. The van der Waals surface area contributed by atoms with Gasteiger partial charge in [0.25, 0.3) is 5.69 Å². The molecule has 0 aromatic heterocycles.